The minimum atomic E-state index is -3.93. The number of carbonyl (C=O) groups excluding carboxylic acids is 1. The van der Waals surface area contributed by atoms with Gasteiger partial charge in [-0.05, 0) is 55.7 Å². The average molecular weight is 469 g/mol. The van der Waals surface area contributed by atoms with Gasteiger partial charge in [0.05, 0.1) is 11.4 Å². The predicted molar refractivity (Wildman–Crippen MR) is 127 cm³/mol. The summed E-state index contributed by atoms with van der Waals surface area (Å²) >= 11 is 6.32. The predicted octanol–water partition coefficient (Wildman–Crippen LogP) is 4.82. The van der Waals surface area contributed by atoms with Crippen molar-refractivity contribution in [2.45, 2.75) is 37.8 Å². The summed E-state index contributed by atoms with van der Waals surface area (Å²) in [6, 6.07) is 21.4. The van der Waals surface area contributed by atoms with E-state index in [0.29, 0.717) is 10.6 Å². The van der Waals surface area contributed by atoms with E-state index in [0.717, 1.165) is 23.2 Å². The summed E-state index contributed by atoms with van der Waals surface area (Å²) in [5.74, 6) is -0.259. The first kappa shape index (κ1) is 22.5. The molecule has 0 unspecified atom stereocenters. The molecule has 1 atom stereocenters. The molecule has 1 aliphatic heterocycles. The molecule has 166 valence electrons. The number of amides is 1. The molecule has 1 aliphatic rings. The van der Waals surface area contributed by atoms with E-state index >= 15 is 0 Å². The number of para-hydroxylation sites is 1. The second kappa shape index (κ2) is 9.06. The van der Waals surface area contributed by atoms with Crippen molar-refractivity contribution in [3.05, 3.63) is 94.5 Å². The molecule has 0 bridgehead atoms. The van der Waals surface area contributed by atoms with Crippen molar-refractivity contribution >= 4 is 33.2 Å². The average Bonchev–Trinajstić information content (AvgIpc) is 3.10. The van der Waals surface area contributed by atoms with Crippen LogP contribution >= 0.6 is 11.6 Å². The van der Waals surface area contributed by atoms with E-state index in [1.165, 1.54) is 4.31 Å². The van der Waals surface area contributed by atoms with Crippen molar-refractivity contribution in [1.29, 1.82) is 0 Å². The standard InChI is InChI=1S/C25H25ClN2O3S/c1-18-11-13-22(14-12-18)32(30,31)27(16-21-8-3-5-9-23(21)26)17-25(29)28-19(2)15-20-7-4-6-10-24(20)28/h3-14,19H,15-17H2,1-2H3/t19-/m1/s1. The van der Waals surface area contributed by atoms with Crippen LogP contribution in [-0.2, 0) is 27.8 Å². The van der Waals surface area contributed by atoms with Crippen molar-refractivity contribution in [1.82, 2.24) is 4.31 Å². The molecule has 0 aliphatic carbocycles. The van der Waals surface area contributed by atoms with E-state index in [4.69, 9.17) is 11.6 Å². The molecule has 0 fully saturated rings. The number of aryl methyl sites for hydroxylation is 1. The van der Waals surface area contributed by atoms with E-state index in [2.05, 4.69) is 0 Å². The molecule has 0 aromatic heterocycles. The molecule has 4 rings (SSSR count). The highest BCUT2D eigenvalue weighted by Crippen LogP contribution is 2.32. The van der Waals surface area contributed by atoms with Gasteiger partial charge in [-0.15, -0.1) is 0 Å². The van der Waals surface area contributed by atoms with Gasteiger partial charge in [0, 0.05) is 23.3 Å². The largest absolute Gasteiger partial charge is 0.308 e. The highest BCUT2D eigenvalue weighted by molar-refractivity contribution is 7.89. The van der Waals surface area contributed by atoms with Crippen LogP contribution in [0.25, 0.3) is 0 Å². The fourth-order valence-corrected chi connectivity index (χ4v) is 5.64. The maximum Gasteiger partial charge on any atom is 0.243 e. The molecule has 5 nitrogen and oxygen atoms in total. The lowest BCUT2D eigenvalue weighted by atomic mass is 10.1. The van der Waals surface area contributed by atoms with E-state index < -0.39 is 10.0 Å². The Labute approximate surface area is 194 Å². The second-order valence-electron chi connectivity index (χ2n) is 8.12. The van der Waals surface area contributed by atoms with Crippen molar-refractivity contribution < 1.29 is 13.2 Å². The minimum absolute atomic E-state index is 0.00545. The van der Waals surface area contributed by atoms with Gasteiger partial charge in [0.15, 0.2) is 0 Å². The summed E-state index contributed by atoms with van der Waals surface area (Å²) in [5, 5.41) is 0.462. The lowest BCUT2D eigenvalue weighted by Crippen LogP contribution is -2.44. The van der Waals surface area contributed by atoms with E-state index in [1.54, 1.807) is 53.4 Å². The zero-order chi connectivity index (χ0) is 22.9. The van der Waals surface area contributed by atoms with Crippen LogP contribution in [-0.4, -0.2) is 31.2 Å². The number of sulfonamides is 1. The van der Waals surface area contributed by atoms with Gasteiger partial charge in [-0.2, -0.15) is 4.31 Å². The third-order valence-corrected chi connectivity index (χ3v) is 7.93. The SMILES string of the molecule is Cc1ccc(S(=O)(=O)N(CC(=O)N2c3ccccc3C[C@H]2C)Cc2ccccc2Cl)cc1. The minimum Gasteiger partial charge on any atom is -0.308 e. The number of rotatable bonds is 6. The van der Waals surface area contributed by atoms with Crippen molar-refractivity contribution in [2.24, 2.45) is 0 Å². The van der Waals surface area contributed by atoms with Gasteiger partial charge >= 0.3 is 0 Å². The Morgan fingerprint density at radius 2 is 1.69 bits per heavy atom. The number of hydrogen-bond acceptors (Lipinski definition) is 3. The molecule has 1 heterocycles. The van der Waals surface area contributed by atoms with Crippen molar-refractivity contribution in [2.75, 3.05) is 11.4 Å². The number of halogens is 1. The Morgan fingerprint density at radius 3 is 2.41 bits per heavy atom. The van der Waals surface area contributed by atoms with Gasteiger partial charge in [0.1, 0.15) is 0 Å². The first-order valence-electron chi connectivity index (χ1n) is 10.5. The third-order valence-electron chi connectivity index (χ3n) is 5.75. The van der Waals surface area contributed by atoms with Crippen LogP contribution in [0.4, 0.5) is 5.69 Å². The highest BCUT2D eigenvalue weighted by Gasteiger charge is 2.34. The first-order valence-corrected chi connectivity index (χ1v) is 12.3. The topological polar surface area (TPSA) is 57.7 Å². The fourth-order valence-electron chi connectivity index (χ4n) is 4.07. The maximum atomic E-state index is 13.5. The van der Waals surface area contributed by atoms with Gasteiger partial charge < -0.3 is 4.90 Å². The number of benzene rings is 3. The normalized spacial score (nSPS) is 15.8. The number of fused-ring (bicyclic) bond motifs is 1. The van der Waals surface area contributed by atoms with Crippen molar-refractivity contribution in [3.63, 3.8) is 0 Å². The van der Waals surface area contributed by atoms with Crippen LogP contribution < -0.4 is 4.90 Å². The van der Waals surface area contributed by atoms with Gasteiger partial charge in [0.2, 0.25) is 15.9 Å². The molecule has 32 heavy (non-hydrogen) atoms. The number of hydrogen-bond donors (Lipinski definition) is 0. The van der Waals surface area contributed by atoms with Crippen LogP contribution in [0.2, 0.25) is 5.02 Å². The monoisotopic (exact) mass is 468 g/mol. The first-order chi connectivity index (χ1) is 15.3. The van der Waals surface area contributed by atoms with Gasteiger partial charge in [0.25, 0.3) is 0 Å². The Kier molecular flexibility index (Phi) is 6.38. The summed E-state index contributed by atoms with van der Waals surface area (Å²) in [4.78, 5) is 15.3. The molecule has 7 heteroatoms. The van der Waals surface area contributed by atoms with Crippen LogP contribution in [0.15, 0.2) is 77.7 Å². The zero-order valence-corrected chi connectivity index (χ0v) is 19.6. The number of carbonyl (C=O) groups is 1. The van der Waals surface area contributed by atoms with Crippen LogP contribution in [0.1, 0.15) is 23.6 Å². The van der Waals surface area contributed by atoms with Crippen LogP contribution in [0.3, 0.4) is 0 Å². The Balaban J connectivity index is 1.69. The summed E-state index contributed by atoms with van der Waals surface area (Å²) in [6.07, 6.45) is 0.747. The smallest absolute Gasteiger partial charge is 0.243 e. The molecule has 3 aromatic rings. The lowest BCUT2D eigenvalue weighted by molar-refractivity contribution is -0.119. The summed E-state index contributed by atoms with van der Waals surface area (Å²) in [7, 11) is -3.93. The van der Waals surface area contributed by atoms with Crippen LogP contribution in [0.5, 0.6) is 0 Å². The fraction of sp³-hybridized carbons (Fsp3) is 0.240. The molecule has 1 amide bonds. The molecule has 0 radical (unpaired) electrons. The molecule has 0 spiro atoms. The molecule has 0 saturated carbocycles. The molecular weight excluding hydrogens is 444 g/mol. The summed E-state index contributed by atoms with van der Waals surface area (Å²) in [5.41, 5.74) is 3.54. The summed E-state index contributed by atoms with van der Waals surface area (Å²) in [6.45, 7) is 3.60. The molecular formula is C25H25ClN2O3S. The Morgan fingerprint density at radius 1 is 1.03 bits per heavy atom. The quantitative estimate of drug-likeness (QED) is 0.521. The van der Waals surface area contributed by atoms with Crippen molar-refractivity contribution in [3.8, 4) is 0 Å². The van der Waals surface area contributed by atoms with E-state index in [1.807, 2.05) is 38.1 Å². The number of nitrogens with zero attached hydrogens (tertiary/aromatic N) is 2. The van der Waals surface area contributed by atoms with Gasteiger partial charge in [-0.25, -0.2) is 8.42 Å². The van der Waals surface area contributed by atoms with E-state index in [-0.39, 0.29) is 29.9 Å². The number of anilines is 1. The molecule has 0 saturated heterocycles. The highest BCUT2D eigenvalue weighted by atomic mass is 35.5. The lowest BCUT2D eigenvalue weighted by Gasteiger charge is -2.28. The third kappa shape index (κ3) is 4.44. The van der Waals surface area contributed by atoms with Gasteiger partial charge in [-0.1, -0.05) is 65.7 Å². The Bertz CT molecular complexity index is 1240. The molecule has 3 aromatic carbocycles. The maximum absolute atomic E-state index is 13.5. The summed E-state index contributed by atoms with van der Waals surface area (Å²) < 4.78 is 28.3. The van der Waals surface area contributed by atoms with Gasteiger partial charge in [-0.3, -0.25) is 4.79 Å². The van der Waals surface area contributed by atoms with Crippen LogP contribution in [0, 0.1) is 6.92 Å². The molecule has 0 N–H and O–H groups in total. The second-order valence-corrected chi connectivity index (χ2v) is 10.5. The Hall–Kier alpha value is -2.67. The zero-order valence-electron chi connectivity index (χ0n) is 18.0. The van der Waals surface area contributed by atoms with E-state index in [9.17, 15) is 13.2 Å².